The van der Waals surface area contributed by atoms with Crippen molar-refractivity contribution in [1.29, 1.82) is 0 Å². The van der Waals surface area contributed by atoms with E-state index in [4.69, 9.17) is 0 Å². The number of nitrogens with one attached hydrogen (secondary N) is 1. The zero-order valence-corrected chi connectivity index (χ0v) is 16.2. The van der Waals surface area contributed by atoms with Crippen LogP contribution in [0.2, 0.25) is 0 Å². The molecule has 0 bridgehead atoms. The fourth-order valence-electron chi connectivity index (χ4n) is 3.57. The molecule has 0 saturated heterocycles. The van der Waals surface area contributed by atoms with E-state index in [9.17, 15) is 19.7 Å². The Balaban J connectivity index is 1.38. The van der Waals surface area contributed by atoms with Gasteiger partial charge in [-0.3, -0.25) is 19.7 Å². The monoisotopic (exact) mass is 404 g/mol. The summed E-state index contributed by atoms with van der Waals surface area (Å²) in [6.45, 7) is 1.07. The number of fused-ring (bicyclic) bond motifs is 1. The molecule has 1 N–H and O–H groups in total. The molecular formula is C22H20N4O4. The zero-order valence-electron chi connectivity index (χ0n) is 16.2. The third-order valence-corrected chi connectivity index (χ3v) is 5.26. The SMILES string of the molecule is O=C1CCc2cc(C=CC(=O)N3CC=C(c4ccc([N+](=O)[O-])cc4)CC3)cnc2N1. The Morgan fingerprint density at radius 3 is 2.70 bits per heavy atom. The highest BCUT2D eigenvalue weighted by molar-refractivity contribution is 5.94. The topological polar surface area (TPSA) is 105 Å². The number of non-ortho nitro benzene ring substituents is 1. The van der Waals surface area contributed by atoms with Crippen LogP contribution in [0, 0.1) is 10.1 Å². The molecule has 0 saturated carbocycles. The molecule has 0 atom stereocenters. The quantitative estimate of drug-likeness (QED) is 0.479. The van der Waals surface area contributed by atoms with Crippen LogP contribution in [0.1, 0.15) is 29.5 Å². The molecule has 0 unspecified atom stereocenters. The van der Waals surface area contributed by atoms with Gasteiger partial charge in [0.05, 0.1) is 4.92 Å². The van der Waals surface area contributed by atoms with Crippen molar-refractivity contribution in [1.82, 2.24) is 9.88 Å². The van der Waals surface area contributed by atoms with Gasteiger partial charge in [-0.2, -0.15) is 0 Å². The third-order valence-electron chi connectivity index (χ3n) is 5.26. The number of anilines is 1. The normalized spacial score (nSPS) is 16.1. The molecule has 0 fully saturated rings. The lowest BCUT2D eigenvalue weighted by atomic mass is 9.99. The number of carbonyl (C=O) groups excluding carboxylic acids is 2. The molecule has 8 nitrogen and oxygen atoms in total. The highest BCUT2D eigenvalue weighted by Crippen LogP contribution is 2.25. The molecular weight excluding hydrogens is 384 g/mol. The van der Waals surface area contributed by atoms with Crippen LogP contribution in [0.4, 0.5) is 11.5 Å². The Kier molecular flexibility index (Phi) is 5.38. The Morgan fingerprint density at radius 2 is 2.00 bits per heavy atom. The minimum atomic E-state index is -0.417. The molecule has 30 heavy (non-hydrogen) atoms. The van der Waals surface area contributed by atoms with Gasteiger partial charge in [-0.15, -0.1) is 0 Å². The van der Waals surface area contributed by atoms with Crippen LogP contribution in [0.15, 0.2) is 48.7 Å². The van der Waals surface area contributed by atoms with Crippen molar-refractivity contribution in [3.05, 3.63) is 75.5 Å². The van der Waals surface area contributed by atoms with Gasteiger partial charge in [0.15, 0.2) is 0 Å². The minimum absolute atomic E-state index is 0.0280. The summed E-state index contributed by atoms with van der Waals surface area (Å²) in [6.07, 6.45) is 8.68. The first kappa shape index (κ1) is 19.5. The predicted molar refractivity (Wildman–Crippen MR) is 112 cm³/mol. The maximum atomic E-state index is 12.5. The van der Waals surface area contributed by atoms with Crippen LogP contribution in [-0.2, 0) is 16.0 Å². The highest BCUT2D eigenvalue weighted by atomic mass is 16.6. The number of hydrogen-bond donors (Lipinski definition) is 1. The van der Waals surface area contributed by atoms with Crippen LogP contribution in [0.3, 0.4) is 0 Å². The number of benzene rings is 1. The van der Waals surface area contributed by atoms with Gasteiger partial charge in [0.2, 0.25) is 11.8 Å². The smallest absolute Gasteiger partial charge is 0.269 e. The molecule has 2 aliphatic heterocycles. The van der Waals surface area contributed by atoms with Gasteiger partial charge in [0, 0.05) is 43.9 Å². The van der Waals surface area contributed by atoms with Crippen LogP contribution in [0.25, 0.3) is 11.6 Å². The molecule has 2 aliphatic rings. The van der Waals surface area contributed by atoms with Crippen molar-refractivity contribution in [3.8, 4) is 0 Å². The summed E-state index contributed by atoms with van der Waals surface area (Å²) in [4.78, 5) is 40.3. The van der Waals surface area contributed by atoms with Crippen molar-refractivity contribution in [2.45, 2.75) is 19.3 Å². The van der Waals surface area contributed by atoms with Crippen molar-refractivity contribution >= 4 is 35.0 Å². The van der Waals surface area contributed by atoms with Gasteiger partial charge >= 0.3 is 0 Å². The van der Waals surface area contributed by atoms with Gasteiger partial charge in [-0.1, -0.05) is 6.08 Å². The highest BCUT2D eigenvalue weighted by Gasteiger charge is 2.18. The number of nitro benzene ring substituents is 1. The van der Waals surface area contributed by atoms with E-state index in [2.05, 4.69) is 10.3 Å². The first-order valence-electron chi connectivity index (χ1n) is 9.69. The van der Waals surface area contributed by atoms with Crippen LogP contribution in [-0.4, -0.2) is 39.7 Å². The Bertz CT molecular complexity index is 1070. The zero-order chi connectivity index (χ0) is 21.1. The lowest BCUT2D eigenvalue weighted by Crippen LogP contribution is -2.33. The number of hydrogen-bond acceptors (Lipinski definition) is 5. The van der Waals surface area contributed by atoms with Gasteiger partial charge in [0.1, 0.15) is 5.82 Å². The maximum Gasteiger partial charge on any atom is 0.269 e. The second kappa shape index (κ2) is 8.28. The van der Waals surface area contributed by atoms with Crippen molar-refractivity contribution in [3.63, 3.8) is 0 Å². The number of amides is 2. The molecule has 2 aromatic rings. The van der Waals surface area contributed by atoms with E-state index >= 15 is 0 Å². The Hall–Kier alpha value is -3.81. The molecule has 0 aliphatic carbocycles. The molecule has 0 spiro atoms. The Labute approximate surface area is 173 Å². The molecule has 3 heterocycles. The van der Waals surface area contributed by atoms with Gasteiger partial charge in [-0.25, -0.2) is 4.98 Å². The fraction of sp³-hybridized carbons (Fsp3) is 0.227. The van der Waals surface area contributed by atoms with Gasteiger partial charge in [0.25, 0.3) is 5.69 Å². The van der Waals surface area contributed by atoms with E-state index in [0.717, 1.165) is 22.3 Å². The number of aryl methyl sites for hydroxylation is 1. The maximum absolute atomic E-state index is 12.5. The van der Waals surface area contributed by atoms with E-state index in [0.29, 0.717) is 38.2 Å². The Morgan fingerprint density at radius 1 is 1.20 bits per heavy atom. The first-order valence-corrected chi connectivity index (χ1v) is 9.69. The van der Waals surface area contributed by atoms with E-state index in [1.54, 1.807) is 29.3 Å². The van der Waals surface area contributed by atoms with Gasteiger partial charge in [-0.05, 0) is 59.4 Å². The lowest BCUT2D eigenvalue weighted by Gasteiger charge is -2.25. The molecule has 2 amide bonds. The van der Waals surface area contributed by atoms with Crippen LogP contribution >= 0.6 is 0 Å². The number of nitro groups is 1. The first-order chi connectivity index (χ1) is 14.5. The largest absolute Gasteiger partial charge is 0.335 e. The number of aromatic nitrogens is 1. The summed E-state index contributed by atoms with van der Waals surface area (Å²) in [5.41, 5.74) is 3.88. The summed E-state index contributed by atoms with van der Waals surface area (Å²) in [7, 11) is 0. The summed E-state index contributed by atoms with van der Waals surface area (Å²) >= 11 is 0. The second-order valence-corrected chi connectivity index (χ2v) is 7.23. The van der Waals surface area contributed by atoms with Crippen LogP contribution in [0.5, 0.6) is 0 Å². The van der Waals surface area contributed by atoms with Crippen molar-refractivity contribution in [2.24, 2.45) is 0 Å². The van der Waals surface area contributed by atoms with Gasteiger partial charge < -0.3 is 10.2 Å². The number of carbonyl (C=O) groups is 2. The number of nitrogens with zero attached hydrogens (tertiary/aromatic N) is 3. The van der Waals surface area contributed by atoms with E-state index in [1.807, 2.05) is 12.1 Å². The number of rotatable bonds is 4. The standard InChI is InChI=1S/C22H20N4O4/c27-20-7-4-18-13-15(14-23-22(18)24-20)1-8-21(28)25-11-9-17(10-12-25)16-2-5-19(6-3-16)26(29)30/h1-3,5-6,8-9,13-14H,4,7,10-12H2,(H,23,24,27). The lowest BCUT2D eigenvalue weighted by molar-refractivity contribution is -0.384. The summed E-state index contributed by atoms with van der Waals surface area (Å²) in [6, 6.07) is 8.41. The predicted octanol–water partition coefficient (Wildman–Crippen LogP) is 3.20. The van der Waals surface area contributed by atoms with E-state index in [-0.39, 0.29) is 17.5 Å². The third kappa shape index (κ3) is 4.27. The molecule has 8 heteroatoms. The average molecular weight is 404 g/mol. The second-order valence-electron chi connectivity index (χ2n) is 7.23. The molecule has 4 rings (SSSR count). The van der Waals surface area contributed by atoms with Crippen LogP contribution < -0.4 is 5.32 Å². The number of pyridine rings is 1. The summed E-state index contributed by atoms with van der Waals surface area (Å²) in [5, 5.41) is 13.5. The molecule has 0 radical (unpaired) electrons. The molecule has 152 valence electrons. The summed E-state index contributed by atoms with van der Waals surface area (Å²) in [5.74, 6) is 0.481. The minimum Gasteiger partial charge on any atom is -0.335 e. The fourth-order valence-corrected chi connectivity index (χ4v) is 3.57. The molecule has 1 aromatic heterocycles. The van der Waals surface area contributed by atoms with E-state index < -0.39 is 4.92 Å². The van der Waals surface area contributed by atoms with E-state index in [1.165, 1.54) is 18.2 Å². The molecule has 1 aromatic carbocycles. The van der Waals surface area contributed by atoms with Crippen molar-refractivity contribution < 1.29 is 14.5 Å². The average Bonchev–Trinajstić information content (AvgIpc) is 2.77. The summed E-state index contributed by atoms with van der Waals surface area (Å²) < 4.78 is 0. The van der Waals surface area contributed by atoms with Crippen molar-refractivity contribution in [2.75, 3.05) is 18.4 Å².